The Balaban J connectivity index is 1.40. The Labute approximate surface area is 200 Å². The van der Waals surface area contributed by atoms with Crippen LogP contribution in [0.3, 0.4) is 0 Å². The van der Waals surface area contributed by atoms with Crippen LogP contribution in [0, 0.1) is 0 Å². The minimum Gasteiger partial charge on any atom is -0.457 e. The number of carbonyl (C=O) groups is 1. The molecule has 2 saturated heterocycles. The molecular formula is C24H31N3O6S. The fraction of sp³-hybridized carbons (Fsp3) is 0.458. The molecule has 0 bridgehead atoms. The first-order chi connectivity index (χ1) is 16.4. The maximum atomic E-state index is 13.2. The number of rotatable bonds is 9. The van der Waals surface area contributed by atoms with Crippen molar-refractivity contribution in [3.8, 4) is 11.5 Å². The van der Waals surface area contributed by atoms with Crippen LogP contribution in [-0.2, 0) is 24.4 Å². The predicted octanol–water partition coefficient (Wildman–Crippen LogP) is 2.84. The molecule has 2 heterocycles. The van der Waals surface area contributed by atoms with Gasteiger partial charge in [0.1, 0.15) is 11.5 Å². The van der Waals surface area contributed by atoms with Gasteiger partial charge < -0.3 is 14.8 Å². The van der Waals surface area contributed by atoms with Gasteiger partial charge in [-0.2, -0.15) is 0 Å². The number of hydroxylamine groups is 1. The molecule has 0 spiro atoms. The molecule has 2 aromatic carbocycles. The number of amides is 1. The summed E-state index contributed by atoms with van der Waals surface area (Å²) in [5.41, 5.74) is 1.53. The van der Waals surface area contributed by atoms with Crippen LogP contribution in [0.2, 0.25) is 0 Å². The van der Waals surface area contributed by atoms with E-state index in [0.717, 1.165) is 12.8 Å². The molecule has 2 aliphatic rings. The minimum atomic E-state index is -3.87. The van der Waals surface area contributed by atoms with Crippen LogP contribution >= 0.6 is 0 Å². The van der Waals surface area contributed by atoms with E-state index >= 15 is 0 Å². The zero-order valence-electron chi connectivity index (χ0n) is 19.0. The molecule has 2 fully saturated rings. The highest BCUT2D eigenvalue weighted by molar-refractivity contribution is 7.89. The van der Waals surface area contributed by atoms with E-state index in [1.165, 1.54) is 12.1 Å². The van der Waals surface area contributed by atoms with E-state index in [1.807, 2.05) is 30.3 Å². The summed E-state index contributed by atoms with van der Waals surface area (Å²) in [4.78, 5) is 18.1. The smallest absolute Gasteiger partial charge is 0.245 e. The van der Waals surface area contributed by atoms with E-state index in [0.29, 0.717) is 50.5 Å². The van der Waals surface area contributed by atoms with Crippen molar-refractivity contribution < 1.29 is 27.5 Å². The lowest BCUT2D eigenvalue weighted by molar-refractivity contribution is -0.201. The topological polar surface area (TPSA) is 115 Å². The van der Waals surface area contributed by atoms with Crippen molar-refractivity contribution in [1.82, 2.24) is 15.5 Å². The van der Waals surface area contributed by atoms with Gasteiger partial charge >= 0.3 is 0 Å². The average molecular weight is 490 g/mol. The van der Waals surface area contributed by atoms with Gasteiger partial charge in [0.25, 0.3) is 0 Å². The number of carbonyl (C=O) groups excluding carboxylic acids is 1. The molecular weight excluding hydrogens is 458 g/mol. The first-order valence-electron chi connectivity index (χ1n) is 11.6. The van der Waals surface area contributed by atoms with Crippen molar-refractivity contribution in [2.24, 2.45) is 0 Å². The molecule has 1 unspecified atom stereocenters. The van der Waals surface area contributed by atoms with Crippen LogP contribution in [0.1, 0.15) is 38.5 Å². The fourth-order valence-electron chi connectivity index (χ4n) is 4.15. The number of benzene rings is 2. The van der Waals surface area contributed by atoms with Gasteiger partial charge in [0.2, 0.25) is 15.9 Å². The van der Waals surface area contributed by atoms with Gasteiger partial charge in [-0.3, -0.25) is 4.79 Å². The van der Waals surface area contributed by atoms with E-state index in [1.54, 1.807) is 12.1 Å². The molecule has 2 aliphatic heterocycles. The van der Waals surface area contributed by atoms with Gasteiger partial charge in [-0.25, -0.2) is 23.5 Å². The lowest BCUT2D eigenvalue weighted by Gasteiger charge is -2.37. The molecule has 4 rings (SSSR count). The minimum absolute atomic E-state index is 0.0319. The van der Waals surface area contributed by atoms with Crippen molar-refractivity contribution >= 4 is 15.9 Å². The second kappa shape index (κ2) is 11.3. The molecule has 0 aromatic heterocycles. The predicted molar refractivity (Wildman–Crippen MR) is 126 cm³/mol. The second-order valence-electron chi connectivity index (χ2n) is 8.64. The Bertz CT molecular complexity index is 1030. The second-order valence-corrected chi connectivity index (χ2v) is 10.3. The van der Waals surface area contributed by atoms with Gasteiger partial charge in [-0.05, 0) is 75.2 Å². The number of hydrogen-bond acceptors (Lipinski definition) is 7. The number of nitrogens with one attached hydrogen (secondary N) is 3. The van der Waals surface area contributed by atoms with Crippen LogP contribution in [0.15, 0.2) is 59.5 Å². The molecule has 184 valence electrons. The fourth-order valence-corrected chi connectivity index (χ4v) is 5.61. The summed E-state index contributed by atoms with van der Waals surface area (Å²) >= 11 is 0. The van der Waals surface area contributed by atoms with Crippen molar-refractivity contribution in [3.63, 3.8) is 0 Å². The largest absolute Gasteiger partial charge is 0.457 e. The molecule has 2 aromatic rings. The van der Waals surface area contributed by atoms with E-state index in [-0.39, 0.29) is 17.2 Å². The molecule has 3 N–H and O–H groups in total. The molecule has 10 heteroatoms. The van der Waals surface area contributed by atoms with Gasteiger partial charge in [0, 0.05) is 25.0 Å². The third kappa shape index (κ3) is 6.77. The first kappa shape index (κ1) is 24.6. The quantitative estimate of drug-likeness (QED) is 0.464. The summed E-state index contributed by atoms with van der Waals surface area (Å²) in [6.07, 6.45) is 3.14. The highest BCUT2D eigenvalue weighted by Crippen LogP contribution is 2.27. The number of sulfonamides is 1. The lowest BCUT2D eigenvalue weighted by atomic mass is 9.86. The van der Waals surface area contributed by atoms with Crippen molar-refractivity contribution in [2.45, 2.75) is 55.2 Å². The van der Waals surface area contributed by atoms with Crippen LogP contribution < -0.4 is 20.3 Å². The molecule has 1 amide bonds. The summed E-state index contributed by atoms with van der Waals surface area (Å²) < 4.78 is 40.4. The highest BCUT2D eigenvalue weighted by atomic mass is 32.2. The Morgan fingerprint density at radius 2 is 1.74 bits per heavy atom. The molecule has 1 atom stereocenters. The van der Waals surface area contributed by atoms with Gasteiger partial charge in [-0.15, -0.1) is 0 Å². The number of piperidine rings is 1. The summed E-state index contributed by atoms with van der Waals surface area (Å²) in [6.45, 7) is 1.81. The summed E-state index contributed by atoms with van der Waals surface area (Å²) in [5.74, 6) is 0.810. The standard InChI is InChI=1S/C24H31N3O6S/c28-22(26-33-23-8-4-5-17-31-23)18-24(13-15-25-16-14-24)27-34(29,30)21-11-9-20(10-12-21)32-19-6-2-1-3-7-19/h1-3,6-7,9-12,23,25,27H,4-5,8,13-18H2,(H,26,28). The zero-order valence-corrected chi connectivity index (χ0v) is 19.8. The van der Waals surface area contributed by atoms with Crippen LogP contribution in [0.25, 0.3) is 0 Å². The van der Waals surface area contributed by atoms with Crippen LogP contribution in [0.5, 0.6) is 11.5 Å². The Hall–Kier alpha value is -2.50. The van der Waals surface area contributed by atoms with E-state index in [4.69, 9.17) is 14.3 Å². The van der Waals surface area contributed by atoms with Gasteiger partial charge in [0.15, 0.2) is 6.29 Å². The molecule has 34 heavy (non-hydrogen) atoms. The van der Waals surface area contributed by atoms with Crippen molar-refractivity contribution in [3.05, 3.63) is 54.6 Å². The molecule has 0 radical (unpaired) electrons. The zero-order chi connectivity index (χ0) is 23.9. The molecule has 0 saturated carbocycles. The first-order valence-corrected chi connectivity index (χ1v) is 13.1. The van der Waals surface area contributed by atoms with Gasteiger partial charge in [-0.1, -0.05) is 18.2 Å². The Morgan fingerprint density at radius 1 is 1.03 bits per heavy atom. The third-order valence-corrected chi connectivity index (χ3v) is 7.56. The van der Waals surface area contributed by atoms with E-state index in [2.05, 4.69) is 15.5 Å². The van der Waals surface area contributed by atoms with Gasteiger partial charge in [0.05, 0.1) is 4.90 Å². The van der Waals surface area contributed by atoms with Crippen LogP contribution in [0.4, 0.5) is 0 Å². The van der Waals surface area contributed by atoms with Crippen molar-refractivity contribution in [2.75, 3.05) is 19.7 Å². The number of para-hydroxylation sites is 1. The summed E-state index contributed by atoms with van der Waals surface area (Å²) in [6, 6.07) is 15.5. The monoisotopic (exact) mass is 489 g/mol. The maximum absolute atomic E-state index is 13.2. The number of ether oxygens (including phenoxy) is 2. The lowest BCUT2D eigenvalue weighted by Crippen LogP contribution is -2.56. The molecule has 0 aliphatic carbocycles. The average Bonchev–Trinajstić information content (AvgIpc) is 2.84. The normalized spacial score (nSPS) is 20.4. The Kier molecular flexibility index (Phi) is 8.17. The van der Waals surface area contributed by atoms with E-state index < -0.39 is 21.9 Å². The van der Waals surface area contributed by atoms with Crippen molar-refractivity contribution in [1.29, 1.82) is 0 Å². The highest BCUT2D eigenvalue weighted by Gasteiger charge is 2.38. The number of hydrogen-bond donors (Lipinski definition) is 3. The Morgan fingerprint density at radius 3 is 2.41 bits per heavy atom. The van der Waals surface area contributed by atoms with E-state index in [9.17, 15) is 13.2 Å². The maximum Gasteiger partial charge on any atom is 0.245 e. The summed E-state index contributed by atoms with van der Waals surface area (Å²) in [7, 11) is -3.87. The SMILES string of the molecule is O=C(CC1(NS(=O)(=O)c2ccc(Oc3ccccc3)cc2)CCNCC1)NOC1CCCCO1. The van der Waals surface area contributed by atoms with Crippen LogP contribution in [-0.4, -0.2) is 45.9 Å². The summed E-state index contributed by atoms with van der Waals surface area (Å²) in [5, 5.41) is 3.22. The third-order valence-electron chi connectivity index (χ3n) is 5.97. The molecule has 9 nitrogen and oxygen atoms in total.